The summed E-state index contributed by atoms with van der Waals surface area (Å²) >= 11 is 0. The Kier molecular flexibility index (Phi) is 4.56. The summed E-state index contributed by atoms with van der Waals surface area (Å²) in [6.45, 7) is 4.80. The minimum absolute atomic E-state index is 0.0285. The van der Waals surface area contributed by atoms with Gasteiger partial charge in [0, 0.05) is 27.2 Å². The number of aliphatic carboxylic acids is 1. The molecule has 0 aliphatic carbocycles. The van der Waals surface area contributed by atoms with E-state index in [4.69, 9.17) is 9.84 Å². The molecule has 1 rings (SSSR count). The monoisotopic (exact) mass is 258 g/mol. The van der Waals surface area contributed by atoms with Gasteiger partial charge in [-0.3, -0.25) is 4.79 Å². The summed E-state index contributed by atoms with van der Waals surface area (Å²) in [5, 5.41) is 9.13. The summed E-state index contributed by atoms with van der Waals surface area (Å²) in [6.07, 6.45) is 0.501. The van der Waals surface area contributed by atoms with E-state index in [9.17, 15) is 9.59 Å². The van der Waals surface area contributed by atoms with Gasteiger partial charge in [-0.1, -0.05) is 0 Å². The molecule has 2 atom stereocenters. The Bertz CT molecular complexity index is 334. The molecule has 6 heteroatoms. The van der Waals surface area contributed by atoms with Gasteiger partial charge in [0.2, 0.25) is 0 Å². The van der Waals surface area contributed by atoms with Crippen molar-refractivity contribution in [2.45, 2.75) is 26.3 Å². The highest BCUT2D eigenvalue weighted by Gasteiger charge is 2.43. The molecule has 0 spiro atoms. The Morgan fingerprint density at radius 3 is 2.61 bits per heavy atom. The number of likely N-dealkylation sites (tertiary alicyclic amines) is 1. The van der Waals surface area contributed by atoms with Crippen LogP contribution >= 0.6 is 0 Å². The third-order valence-corrected chi connectivity index (χ3v) is 3.63. The van der Waals surface area contributed by atoms with E-state index in [0.717, 1.165) is 0 Å². The fourth-order valence-corrected chi connectivity index (χ4v) is 2.06. The lowest BCUT2D eigenvalue weighted by atomic mass is 9.90. The summed E-state index contributed by atoms with van der Waals surface area (Å²) in [4.78, 5) is 26.5. The van der Waals surface area contributed by atoms with Gasteiger partial charge in [-0.25, -0.2) is 4.79 Å². The quantitative estimate of drug-likeness (QED) is 0.812. The first kappa shape index (κ1) is 14.8. The molecular weight excluding hydrogens is 236 g/mol. The van der Waals surface area contributed by atoms with Crippen LogP contribution in [0, 0.1) is 5.41 Å². The van der Waals surface area contributed by atoms with E-state index in [-0.39, 0.29) is 18.6 Å². The summed E-state index contributed by atoms with van der Waals surface area (Å²) in [6, 6.07) is -0.163. The van der Waals surface area contributed by atoms with E-state index < -0.39 is 11.4 Å². The topological polar surface area (TPSA) is 70.1 Å². The molecule has 0 aromatic heterocycles. The first-order valence-corrected chi connectivity index (χ1v) is 6.06. The van der Waals surface area contributed by atoms with Gasteiger partial charge in [0.05, 0.1) is 18.1 Å². The van der Waals surface area contributed by atoms with Crippen molar-refractivity contribution in [1.82, 2.24) is 9.80 Å². The number of nitrogens with zero attached hydrogens (tertiary/aromatic N) is 2. The molecule has 1 fully saturated rings. The van der Waals surface area contributed by atoms with Crippen LogP contribution in [0.1, 0.15) is 20.3 Å². The van der Waals surface area contributed by atoms with Crippen LogP contribution in [-0.4, -0.2) is 66.8 Å². The maximum Gasteiger partial charge on any atom is 0.320 e. The number of carboxylic acids is 1. The zero-order valence-corrected chi connectivity index (χ0v) is 11.5. The van der Waals surface area contributed by atoms with Gasteiger partial charge in [-0.15, -0.1) is 0 Å². The van der Waals surface area contributed by atoms with Crippen LogP contribution in [0.4, 0.5) is 4.79 Å². The Morgan fingerprint density at radius 2 is 2.17 bits per heavy atom. The lowest BCUT2D eigenvalue weighted by Gasteiger charge is -2.29. The summed E-state index contributed by atoms with van der Waals surface area (Å²) in [5.41, 5.74) is -0.818. The third-order valence-electron chi connectivity index (χ3n) is 3.63. The molecule has 1 aliphatic rings. The fraction of sp³-hybridized carbons (Fsp3) is 0.833. The molecule has 1 saturated heterocycles. The first-order chi connectivity index (χ1) is 8.31. The molecule has 0 aromatic rings. The molecule has 0 radical (unpaired) electrons. The Morgan fingerprint density at radius 1 is 1.56 bits per heavy atom. The largest absolute Gasteiger partial charge is 0.481 e. The van der Waals surface area contributed by atoms with Crippen LogP contribution in [-0.2, 0) is 9.53 Å². The van der Waals surface area contributed by atoms with Crippen LogP contribution in [0.25, 0.3) is 0 Å². The van der Waals surface area contributed by atoms with Gasteiger partial charge in [-0.05, 0) is 20.3 Å². The van der Waals surface area contributed by atoms with Crippen molar-refractivity contribution in [2.24, 2.45) is 5.41 Å². The Hall–Kier alpha value is -1.30. The molecule has 1 aliphatic heterocycles. The van der Waals surface area contributed by atoms with Crippen molar-refractivity contribution in [2.75, 3.05) is 33.9 Å². The van der Waals surface area contributed by atoms with Crippen LogP contribution < -0.4 is 0 Å². The zero-order chi connectivity index (χ0) is 13.9. The van der Waals surface area contributed by atoms with Gasteiger partial charge >= 0.3 is 12.0 Å². The van der Waals surface area contributed by atoms with Crippen molar-refractivity contribution in [3.8, 4) is 0 Å². The van der Waals surface area contributed by atoms with Gasteiger partial charge in [0.15, 0.2) is 0 Å². The molecule has 0 bridgehead atoms. The average molecular weight is 258 g/mol. The molecular formula is C12H22N2O4. The lowest BCUT2D eigenvalue weighted by molar-refractivity contribution is -0.147. The SMILES string of the molecule is COCC(C)N(C)C(=O)N1CCC(C)(C(=O)O)C1. The maximum atomic E-state index is 12.2. The number of ether oxygens (including phenoxy) is 1. The maximum absolute atomic E-state index is 12.2. The predicted octanol–water partition coefficient (Wildman–Crippen LogP) is 0.870. The van der Waals surface area contributed by atoms with Crippen LogP contribution in [0.15, 0.2) is 0 Å². The molecule has 0 saturated carbocycles. The standard InChI is InChI=1S/C12H22N2O4/c1-9(7-18-4)13(3)11(17)14-6-5-12(2,8-14)10(15)16/h9H,5-8H2,1-4H3,(H,15,16). The number of hydrogen-bond donors (Lipinski definition) is 1. The van der Waals surface area contributed by atoms with Crippen molar-refractivity contribution < 1.29 is 19.4 Å². The molecule has 104 valence electrons. The zero-order valence-electron chi connectivity index (χ0n) is 11.5. The number of methoxy groups -OCH3 is 1. The molecule has 0 aromatic carbocycles. The number of carboxylic acid groups (broad SMARTS) is 1. The highest BCUT2D eigenvalue weighted by molar-refractivity contribution is 5.79. The minimum Gasteiger partial charge on any atom is -0.481 e. The number of rotatable bonds is 4. The number of urea groups is 1. The van der Waals surface area contributed by atoms with Gasteiger partial charge in [0.1, 0.15) is 0 Å². The van der Waals surface area contributed by atoms with E-state index in [0.29, 0.717) is 19.6 Å². The Balaban J connectivity index is 2.62. The van der Waals surface area contributed by atoms with Gasteiger partial charge < -0.3 is 19.6 Å². The van der Waals surface area contributed by atoms with E-state index in [1.165, 1.54) is 0 Å². The second kappa shape index (κ2) is 5.56. The smallest absolute Gasteiger partial charge is 0.320 e. The van der Waals surface area contributed by atoms with Crippen molar-refractivity contribution in [3.05, 3.63) is 0 Å². The molecule has 6 nitrogen and oxygen atoms in total. The van der Waals surface area contributed by atoms with Crippen LogP contribution in [0.5, 0.6) is 0 Å². The second-order valence-corrected chi connectivity index (χ2v) is 5.24. The molecule has 18 heavy (non-hydrogen) atoms. The number of amides is 2. The van der Waals surface area contributed by atoms with Crippen LogP contribution in [0.2, 0.25) is 0 Å². The average Bonchev–Trinajstić information content (AvgIpc) is 2.72. The third kappa shape index (κ3) is 2.93. The van der Waals surface area contributed by atoms with Gasteiger partial charge in [0.25, 0.3) is 0 Å². The van der Waals surface area contributed by atoms with E-state index >= 15 is 0 Å². The number of carbonyl (C=O) groups excluding carboxylic acids is 1. The van der Waals surface area contributed by atoms with Gasteiger partial charge in [-0.2, -0.15) is 0 Å². The first-order valence-electron chi connectivity index (χ1n) is 6.06. The molecule has 1 heterocycles. The van der Waals surface area contributed by atoms with E-state index in [1.54, 1.807) is 30.9 Å². The molecule has 2 unspecified atom stereocenters. The van der Waals surface area contributed by atoms with Crippen molar-refractivity contribution in [1.29, 1.82) is 0 Å². The highest BCUT2D eigenvalue weighted by atomic mass is 16.5. The summed E-state index contributed by atoms with van der Waals surface area (Å²) < 4.78 is 5.01. The second-order valence-electron chi connectivity index (χ2n) is 5.24. The van der Waals surface area contributed by atoms with Crippen LogP contribution in [0.3, 0.4) is 0 Å². The molecule has 1 N–H and O–H groups in total. The van der Waals surface area contributed by atoms with E-state index in [1.807, 2.05) is 6.92 Å². The van der Waals surface area contributed by atoms with Crippen molar-refractivity contribution >= 4 is 12.0 Å². The number of likely N-dealkylation sites (N-methyl/N-ethyl adjacent to an activating group) is 1. The van der Waals surface area contributed by atoms with E-state index in [2.05, 4.69) is 0 Å². The van der Waals surface area contributed by atoms with Crippen molar-refractivity contribution in [3.63, 3.8) is 0 Å². The predicted molar refractivity (Wildman–Crippen MR) is 66.4 cm³/mol. The highest BCUT2D eigenvalue weighted by Crippen LogP contribution is 2.30. The minimum atomic E-state index is -0.842. The fourth-order valence-electron chi connectivity index (χ4n) is 2.06. The normalized spacial score (nSPS) is 25.0. The number of carbonyl (C=O) groups is 2. The lowest BCUT2D eigenvalue weighted by Crippen LogP contribution is -2.46. The summed E-state index contributed by atoms with van der Waals surface area (Å²) in [7, 11) is 3.30. The Labute approximate surface area is 107 Å². The number of hydrogen-bond acceptors (Lipinski definition) is 3. The molecule has 2 amide bonds. The summed E-state index contributed by atoms with van der Waals surface area (Å²) in [5.74, 6) is -0.842.